The van der Waals surface area contributed by atoms with Crippen LogP contribution < -0.4 is 16.4 Å². The van der Waals surface area contributed by atoms with E-state index in [0.717, 1.165) is 6.20 Å². The van der Waals surface area contributed by atoms with Crippen molar-refractivity contribution in [2.24, 2.45) is 5.73 Å². The molecule has 0 spiro atoms. The molecule has 34 heavy (non-hydrogen) atoms. The molecular formula is C16H16B11N5O2. The Morgan fingerprint density at radius 3 is 1.94 bits per heavy atom. The van der Waals surface area contributed by atoms with E-state index >= 15 is 0 Å². The molecule has 1 amide bonds. The molecule has 18 heteroatoms. The third-order valence-corrected chi connectivity index (χ3v) is 6.09. The van der Waals surface area contributed by atoms with Crippen molar-refractivity contribution in [3.8, 4) is 0 Å². The lowest BCUT2D eigenvalue weighted by molar-refractivity contribution is 0.00880. The van der Waals surface area contributed by atoms with Crippen LogP contribution in [0.5, 0.6) is 0 Å². The Hall–Kier alpha value is -1.18. The molecule has 1 fully saturated rings. The molecule has 5 N–H and O–H groups in total. The molecule has 3 atom stereocenters. The predicted molar refractivity (Wildman–Crippen MR) is 143 cm³/mol. The average Bonchev–Trinajstić information content (AvgIpc) is 2.61. The van der Waals surface area contributed by atoms with Crippen molar-refractivity contribution >= 4 is 104 Å². The van der Waals surface area contributed by atoms with E-state index < -0.39 is 49.1 Å². The van der Waals surface area contributed by atoms with Crippen molar-refractivity contribution in [1.82, 2.24) is 9.97 Å². The lowest BCUT2D eigenvalue weighted by Crippen LogP contribution is -2.75. The number of nitrogens with zero attached hydrogens (tertiary/aromatic N) is 2. The summed E-state index contributed by atoms with van der Waals surface area (Å²) in [6.45, 7) is 5.52. The highest BCUT2D eigenvalue weighted by atomic mass is 16.3. The fourth-order valence-corrected chi connectivity index (χ4v) is 3.98. The molecule has 22 radical (unpaired) electrons. The van der Waals surface area contributed by atoms with E-state index in [2.05, 4.69) is 20.6 Å². The van der Waals surface area contributed by atoms with Crippen LogP contribution in [0.1, 0.15) is 31.1 Å². The first-order chi connectivity index (χ1) is 14.9. The topological polar surface area (TPSA) is 113 Å². The van der Waals surface area contributed by atoms with Gasteiger partial charge < -0.3 is 21.5 Å². The zero-order chi connectivity index (χ0) is 26.9. The van der Waals surface area contributed by atoms with Crippen LogP contribution in [0, 0.1) is 0 Å². The molecule has 2 rings (SSSR count). The Balaban J connectivity index is 2.76. The van der Waals surface area contributed by atoms with Crippen molar-refractivity contribution in [2.45, 2.75) is 63.9 Å². The van der Waals surface area contributed by atoms with Crippen molar-refractivity contribution in [3.63, 3.8) is 0 Å². The largest absolute Gasteiger partial charge is 0.401 e. The smallest absolute Gasteiger partial charge is 0.254 e. The second-order valence-corrected chi connectivity index (χ2v) is 10.0. The molecule has 1 aliphatic rings. The standard InChI is InChI=1S/C16H16B11N5O2/c1-10(2,3)32-9-29-4-5(6(28)33)7(31-9)30-8-11(17,18)14(22,23)13(21,16(25,26)27)15(24,34)12(8,19)20/h4,8,34H,1-3H3,(H2,28,33)(H2,29,30,31,32). The van der Waals surface area contributed by atoms with Gasteiger partial charge in [0.05, 0.1) is 84.0 Å². The number of aliphatic hydroxyl groups is 1. The zero-order valence-corrected chi connectivity index (χ0v) is 19.3. The zero-order valence-electron chi connectivity index (χ0n) is 19.3. The van der Waals surface area contributed by atoms with E-state index in [1.54, 1.807) is 0 Å². The van der Waals surface area contributed by atoms with E-state index in [1.807, 2.05) is 20.8 Å². The molecule has 0 aliphatic heterocycles. The number of carbonyl (C=O) groups is 1. The van der Waals surface area contributed by atoms with Crippen LogP contribution in [0.25, 0.3) is 0 Å². The van der Waals surface area contributed by atoms with Gasteiger partial charge >= 0.3 is 0 Å². The van der Waals surface area contributed by atoms with Crippen LogP contribution >= 0.6 is 0 Å². The van der Waals surface area contributed by atoms with Crippen LogP contribution in [0.3, 0.4) is 0 Å². The Bertz CT molecular complexity index is 947. The Kier molecular flexibility index (Phi) is 6.99. The maximum atomic E-state index is 12.0. The number of nitrogens with one attached hydrogen (secondary N) is 2. The minimum Gasteiger partial charge on any atom is -0.401 e. The normalized spacial score (nSPS) is 30.2. The number of hydrogen-bond acceptors (Lipinski definition) is 6. The molecule has 0 saturated heterocycles. The van der Waals surface area contributed by atoms with Gasteiger partial charge in [-0.1, -0.05) is 15.7 Å². The van der Waals surface area contributed by atoms with Crippen molar-refractivity contribution < 1.29 is 9.90 Å². The molecule has 3 unspecified atom stereocenters. The first-order valence-electron chi connectivity index (χ1n) is 9.98. The summed E-state index contributed by atoms with van der Waals surface area (Å²) in [5.74, 6) is -1.11. The minimum atomic E-state index is -3.02. The number of hydrogen-bond donors (Lipinski definition) is 4. The maximum absolute atomic E-state index is 12.0. The highest BCUT2D eigenvalue weighted by molar-refractivity contribution is 6.69. The van der Waals surface area contributed by atoms with Crippen molar-refractivity contribution in [1.29, 1.82) is 0 Å². The summed E-state index contributed by atoms with van der Waals surface area (Å²) in [6.07, 6.45) is 1.13. The first-order valence-corrected chi connectivity index (χ1v) is 9.98. The second-order valence-electron chi connectivity index (χ2n) is 10.0. The Labute approximate surface area is 215 Å². The number of carbonyl (C=O) groups excluding carboxylic acids is 1. The summed E-state index contributed by atoms with van der Waals surface area (Å²) in [5.41, 5.74) is 1.73. The molecule has 1 aliphatic carbocycles. The van der Waals surface area contributed by atoms with E-state index in [-0.39, 0.29) is 17.3 Å². The number of amides is 1. The third-order valence-electron chi connectivity index (χ3n) is 6.09. The van der Waals surface area contributed by atoms with Gasteiger partial charge in [-0.05, 0) is 20.8 Å². The van der Waals surface area contributed by atoms with Crippen molar-refractivity contribution in [3.05, 3.63) is 11.8 Å². The lowest BCUT2D eigenvalue weighted by atomic mass is 9.02. The number of primary amides is 1. The number of aromatic nitrogens is 2. The van der Waals surface area contributed by atoms with Gasteiger partial charge in [0, 0.05) is 23.3 Å². The second kappa shape index (κ2) is 8.17. The van der Waals surface area contributed by atoms with Gasteiger partial charge in [-0.2, -0.15) is 4.98 Å². The fourth-order valence-electron chi connectivity index (χ4n) is 3.98. The SMILES string of the molecule is [B]C([B])([B])C1([B])C([B])([B])C([B])([B])C(Nc2nc(NC(C)(C)C)ncc2C(N)=O)C([B])([B])C1([B])O. The maximum Gasteiger partial charge on any atom is 0.254 e. The molecule has 1 saturated carbocycles. The van der Waals surface area contributed by atoms with Crippen LogP contribution in [0.2, 0.25) is 26.1 Å². The van der Waals surface area contributed by atoms with Crippen LogP contribution in [0.15, 0.2) is 6.20 Å². The molecule has 150 valence electrons. The number of nitrogens with two attached hydrogens (primary N) is 1. The van der Waals surface area contributed by atoms with E-state index in [1.165, 1.54) is 0 Å². The highest BCUT2D eigenvalue weighted by Crippen LogP contribution is 2.78. The lowest BCUT2D eigenvalue weighted by Gasteiger charge is -2.79. The first kappa shape index (κ1) is 29.1. The van der Waals surface area contributed by atoms with Gasteiger partial charge in [0.15, 0.2) is 0 Å². The molecule has 0 bridgehead atoms. The summed E-state index contributed by atoms with van der Waals surface area (Å²) < 4.78 is 0. The summed E-state index contributed by atoms with van der Waals surface area (Å²) in [7, 11) is 67.1. The molecular weight excluding hydrogens is 413 g/mol. The fraction of sp³-hybridized carbons (Fsp3) is 0.688. The van der Waals surface area contributed by atoms with E-state index in [9.17, 15) is 9.90 Å². The summed E-state index contributed by atoms with van der Waals surface area (Å²) in [6, 6.07) is -1.75. The monoisotopic (exact) mass is 431 g/mol. The third kappa shape index (κ3) is 4.10. The van der Waals surface area contributed by atoms with Gasteiger partial charge in [0.1, 0.15) is 13.7 Å². The van der Waals surface area contributed by atoms with Gasteiger partial charge in [0.2, 0.25) is 5.95 Å². The number of anilines is 2. The molecule has 1 aromatic heterocycles. The molecule has 1 heterocycles. The van der Waals surface area contributed by atoms with Crippen LogP contribution in [0.4, 0.5) is 11.8 Å². The average molecular weight is 429 g/mol. The molecule has 0 aromatic carbocycles. The van der Waals surface area contributed by atoms with Crippen molar-refractivity contribution in [2.75, 3.05) is 10.6 Å². The Morgan fingerprint density at radius 2 is 1.53 bits per heavy atom. The van der Waals surface area contributed by atoms with Gasteiger partial charge in [0.25, 0.3) is 5.91 Å². The summed E-state index contributed by atoms with van der Waals surface area (Å²) >= 11 is 0. The highest BCUT2D eigenvalue weighted by Gasteiger charge is 2.70. The quantitative estimate of drug-likeness (QED) is 0.365. The summed E-state index contributed by atoms with van der Waals surface area (Å²) in [4.78, 5) is 20.3. The van der Waals surface area contributed by atoms with Gasteiger partial charge in [-0.25, -0.2) is 4.98 Å². The molecule has 7 nitrogen and oxygen atoms in total. The van der Waals surface area contributed by atoms with Gasteiger partial charge in [-0.3, -0.25) is 4.79 Å². The van der Waals surface area contributed by atoms with Crippen LogP contribution in [-0.2, 0) is 0 Å². The Morgan fingerprint density at radius 1 is 1.03 bits per heavy atom. The van der Waals surface area contributed by atoms with Crippen LogP contribution in [-0.4, -0.2) is 124 Å². The number of rotatable bonds is 5. The van der Waals surface area contributed by atoms with E-state index in [4.69, 9.17) is 92.0 Å². The summed E-state index contributed by atoms with van der Waals surface area (Å²) in [5, 5.41) is 3.85. The van der Waals surface area contributed by atoms with Gasteiger partial charge in [-0.15, -0.1) is 10.3 Å². The van der Waals surface area contributed by atoms with E-state index in [0.29, 0.717) is 0 Å². The molecule has 1 aromatic rings. The minimum absolute atomic E-state index is 0.0722. The predicted octanol–water partition coefficient (Wildman–Crippen LogP) is -3.30.